The van der Waals surface area contributed by atoms with Crippen LogP contribution in [0.1, 0.15) is 23.2 Å². The smallest absolute Gasteiger partial charge is 0.407 e. The number of nitrogens with zero attached hydrogens (tertiary/aromatic N) is 3. The largest absolute Gasteiger partial charge is 0.473 e. The van der Waals surface area contributed by atoms with Crippen molar-refractivity contribution in [3.8, 4) is 11.9 Å². The summed E-state index contributed by atoms with van der Waals surface area (Å²) in [4.78, 5) is 16.7. The minimum absolute atomic E-state index is 0.000164. The van der Waals surface area contributed by atoms with Gasteiger partial charge in [0.15, 0.2) is 0 Å². The minimum atomic E-state index is -0.935. The molecule has 1 aliphatic heterocycles. The average Bonchev–Trinajstić information content (AvgIpc) is 2.67. The number of aromatic nitrogens is 1. The Labute approximate surface area is 149 Å². The van der Waals surface area contributed by atoms with E-state index in [1.807, 2.05) is 18.2 Å². The molecule has 0 fully saturated rings. The maximum absolute atomic E-state index is 13.9. The molecule has 1 aliphatic rings. The van der Waals surface area contributed by atoms with Gasteiger partial charge in [0.25, 0.3) is 0 Å². The monoisotopic (exact) mass is 353 g/mol. The number of nitriles is 1. The highest BCUT2D eigenvalue weighted by atomic mass is 19.1. The third-order valence-corrected chi connectivity index (χ3v) is 4.09. The van der Waals surface area contributed by atoms with E-state index in [2.05, 4.69) is 4.98 Å². The zero-order valence-electron chi connectivity index (χ0n) is 13.9. The van der Waals surface area contributed by atoms with Gasteiger partial charge in [-0.3, -0.25) is 0 Å². The van der Waals surface area contributed by atoms with Gasteiger partial charge >= 0.3 is 6.09 Å². The van der Waals surface area contributed by atoms with Gasteiger partial charge in [0.05, 0.1) is 17.3 Å². The second kappa shape index (κ2) is 7.66. The van der Waals surface area contributed by atoms with Gasteiger partial charge in [0, 0.05) is 24.7 Å². The van der Waals surface area contributed by atoms with Crippen molar-refractivity contribution in [3.05, 3.63) is 65.1 Å². The topological polar surface area (TPSA) is 86.5 Å². The zero-order chi connectivity index (χ0) is 18.5. The summed E-state index contributed by atoms with van der Waals surface area (Å²) in [6, 6.07) is 11.4. The Morgan fingerprint density at radius 2 is 2.23 bits per heavy atom. The van der Waals surface area contributed by atoms with Crippen LogP contribution in [-0.4, -0.2) is 34.2 Å². The Morgan fingerprint density at radius 3 is 2.88 bits per heavy atom. The van der Waals surface area contributed by atoms with Crippen molar-refractivity contribution in [2.45, 2.75) is 13.0 Å². The molecule has 0 saturated heterocycles. The number of carboxylic acid groups (broad SMARTS) is 1. The van der Waals surface area contributed by atoms with E-state index in [0.29, 0.717) is 36.6 Å². The van der Waals surface area contributed by atoms with Crippen molar-refractivity contribution >= 4 is 11.7 Å². The van der Waals surface area contributed by atoms with Crippen LogP contribution in [0.4, 0.5) is 9.18 Å². The number of carbonyl (C=O) groups is 1. The van der Waals surface area contributed by atoms with Gasteiger partial charge < -0.3 is 14.7 Å². The van der Waals surface area contributed by atoms with E-state index >= 15 is 0 Å². The fraction of sp³-hybridized carbons (Fsp3) is 0.211. The summed E-state index contributed by atoms with van der Waals surface area (Å²) in [5, 5.41) is 17.7. The van der Waals surface area contributed by atoms with Crippen LogP contribution in [0.25, 0.3) is 5.57 Å². The lowest BCUT2D eigenvalue weighted by Crippen LogP contribution is -2.33. The summed E-state index contributed by atoms with van der Waals surface area (Å²) in [5.74, 6) is -0.142. The van der Waals surface area contributed by atoms with Crippen LogP contribution in [0, 0.1) is 17.1 Å². The van der Waals surface area contributed by atoms with Crippen LogP contribution in [0.3, 0.4) is 0 Å². The summed E-state index contributed by atoms with van der Waals surface area (Å²) in [6.07, 6.45) is 1.48. The summed E-state index contributed by atoms with van der Waals surface area (Å²) >= 11 is 0. The molecule has 0 unspecified atom stereocenters. The first-order valence-corrected chi connectivity index (χ1v) is 8.02. The molecule has 6 nitrogen and oxygen atoms in total. The van der Waals surface area contributed by atoms with Crippen molar-refractivity contribution in [1.29, 1.82) is 5.26 Å². The standard InChI is InChI=1S/C19H16FN3O3/c20-16-10-13(11-21)4-5-15(16)12-26-18-3-1-2-17(22-18)14-6-8-23(9-7-14)19(24)25/h1-6,10H,7-9,12H2,(H,24,25). The van der Waals surface area contributed by atoms with E-state index in [-0.39, 0.29) is 12.2 Å². The SMILES string of the molecule is N#Cc1ccc(COc2cccc(C3=CCN(C(=O)O)CC3)n2)c(F)c1. The molecule has 0 bridgehead atoms. The Hall–Kier alpha value is -3.40. The van der Waals surface area contributed by atoms with Crippen LogP contribution in [0.15, 0.2) is 42.5 Å². The molecule has 0 spiro atoms. The van der Waals surface area contributed by atoms with Gasteiger partial charge in [-0.15, -0.1) is 0 Å². The quantitative estimate of drug-likeness (QED) is 0.910. The van der Waals surface area contributed by atoms with Crippen molar-refractivity contribution in [2.24, 2.45) is 0 Å². The summed E-state index contributed by atoms with van der Waals surface area (Å²) in [7, 11) is 0. The van der Waals surface area contributed by atoms with Crippen LogP contribution in [0.2, 0.25) is 0 Å². The summed E-state index contributed by atoms with van der Waals surface area (Å²) in [5.41, 5.74) is 2.27. The van der Waals surface area contributed by atoms with Crippen LogP contribution in [0.5, 0.6) is 5.88 Å². The lowest BCUT2D eigenvalue weighted by atomic mass is 10.0. The summed E-state index contributed by atoms with van der Waals surface area (Å²) in [6.45, 7) is 0.748. The Balaban J connectivity index is 1.69. The Kier molecular flexibility index (Phi) is 5.13. The number of ether oxygens (including phenoxy) is 1. The predicted molar refractivity (Wildman–Crippen MR) is 91.9 cm³/mol. The first-order chi connectivity index (χ1) is 12.6. The average molecular weight is 353 g/mol. The predicted octanol–water partition coefficient (Wildman–Crippen LogP) is 3.44. The minimum Gasteiger partial charge on any atom is -0.473 e. The molecule has 0 saturated carbocycles. The molecule has 1 aromatic carbocycles. The maximum Gasteiger partial charge on any atom is 0.407 e. The molecule has 0 aliphatic carbocycles. The molecule has 1 amide bonds. The second-order valence-electron chi connectivity index (χ2n) is 5.78. The first kappa shape index (κ1) is 17.4. The third-order valence-electron chi connectivity index (χ3n) is 4.09. The molecule has 132 valence electrons. The van der Waals surface area contributed by atoms with Crippen molar-refractivity contribution in [1.82, 2.24) is 9.88 Å². The van der Waals surface area contributed by atoms with Crippen LogP contribution < -0.4 is 4.74 Å². The normalized spacial score (nSPS) is 13.7. The van der Waals surface area contributed by atoms with Crippen molar-refractivity contribution in [3.63, 3.8) is 0 Å². The van der Waals surface area contributed by atoms with E-state index in [1.165, 1.54) is 23.1 Å². The third kappa shape index (κ3) is 3.98. The van der Waals surface area contributed by atoms with Gasteiger partial charge in [-0.25, -0.2) is 14.2 Å². The molecule has 0 atom stereocenters. The number of halogens is 1. The zero-order valence-corrected chi connectivity index (χ0v) is 13.9. The van der Waals surface area contributed by atoms with Gasteiger partial charge in [0.1, 0.15) is 12.4 Å². The fourth-order valence-corrected chi connectivity index (χ4v) is 2.64. The number of hydrogen-bond acceptors (Lipinski definition) is 4. The lowest BCUT2D eigenvalue weighted by molar-refractivity contribution is 0.150. The molecule has 0 radical (unpaired) electrons. The fourth-order valence-electron chi connectivity index (χ4n) is 2.64. The van der Waals surface area contributed by atoms with E-state index in [1.54, 1.807) is 12.1 Å². The highest BCUT2D eigenvalue weighted by molar-refractivity contribution is 5.70. The number of pyridine rings is 1. The van der Waals surface area contributed by atoms with Crippen molar-refractivity contribution < 1.29 is 19.0 Å². The van der Waals surface area contributed by atoms with E-state index in [9.17, 15) is 9.18 Å². The molecule has 1 aromatic heterocycles. The van der Waals surface area contributed by atoms with Crippen LogP contribution >= 0.6 is 0 Å². The van der Waals surface area contributed by atoms with Gasteiger partial charge in [-0.1, -0.05) is 18.2 Å². The van der Waals surface area contributed by atoms with Gasteiger partial charge in [0.2, 0.25) is 5.88 Å². The second-order valence-corrected chi connectivity index (χ2v) is 5.78. The van der Waals surface area contributed by atoms with Gasteiger partial charge in [-0.2, -0.15) is 5.26 Å². The molecule has 2 heterocycles. The molecule has 3 rings (SSSR count). The Morgan fingerprint density at radius 1 is 1.38 bits per heavy atom. The lowest BCUT2D eigenvalue weighted by Gasteiger charge is -2.23. The maximum atomic E-state index is 13.9. The molecular weight excluding hydrogens is 337 g/mol. The molecule has 26 heavy (non-hydrogen) atoms. The van der Waals surface area contributed by atoms with Gasteiger partial charge in [-0.05, 0) is 30.2 Å². The van der Waals surface area contributed by atoms with E-state index in [0.717, 1.165) is 5.57 Å². The number of benzene rings is 1. The number of hydrogen-bond donors (Lipinski definition) is 1. The first-order valence-electron chi connectivity index (χ1n) is 8.02. The molecular formula is C19H16FN3O3. The van der Waals surface area contributed by atoms with E-state index in [4.69, 9.17) is 15.1 Å². The summed E-state index contributed by atoms with van der Waals surface area (Å²) < 4.78 is 19.5. The molecule has 7 heteroatoms. The Bertz CT molecular complexity index is 905. The molecule has 1 N–H and O–H groups in total. The van der Waals surface area contributed by atoms with Crippen LogP contribution in [-0.2, 0) is 6.61 Å². The highest BCUT2D eigenvalue weighted by Crippen LogP contribution is 2.23. The van der Waals surface area contributed by atoms with E-state index < -0.39 is 11.9 Å². The molecule has 2 aromatic rings. The van der Waals surface area contributed by atoms with Crippen molar-refractivity contribution in [2.75, 3.05) is 13.1 Å². The number of rotatable bonds is 4. The number of amides is 1. The highest BCUT2D eigenvalue weighted by Gasteiger charge is 2.17.